The first-order valence-electron chi connectivity index (χ1n) is 10.3. The molecule has 0 N–H and O–H groups in total. The van der Waals surface area contributed by atoms with E-state index < -0.39 is 0 Å². The molecule has 150 valence electrons. The molecule has 2 heterocycles. The van der Waals surface area contributed by atoms with Crippen LogP contribution in [0.1, 0.15) is 50.0 Å². The summed E-state index contributed by atoms with van der Waals surface area (Å²) in [6, 6.07) is 14.8. The number of hydrogen-bond donors (Lipinski definition) is 0. The molecule has 2 aromatic carbocycles. The Morgan fingerprint density at radius 2 is 1.79 bits per heavy atom. The molecule has 1 saturated heterocycles. The number of rotatable bonds is 6. The van der Waals surface area contributed by atoms with Crippen molar-refractivity contribution in [2.75, 3.05) is 13.2 Å². The van der Waals surface area contributed by atoms with Crippen LogP contribution in [0.3, 0.4) is 0 Å². The van der Waals surface area contributed by atoms with Gasteiger partial charge in [-0.2, -0.15) is 0 Å². The molecule has 3 aromatic rings. The molecule has 0 spiro atoms. The quantitative estimate of drug-likeness (QED) is 0.489. The Bertz CT molecular complexity index is 986. The molecular weight excluding hydrogens is 382 g/mol. The van der Waals surface area contributed by atoms with E-state index in [1.165, 1.54) is 34.4 Å². The molecule has 29 heavy (non-hydrogen) atoms. The minimum Gasteiger partial charge on any atom is -0.491 e. The first-order valence-corrected chi connectivity index (χ1v) is 11.1. The second-order valence-electron chi connectivity index (χ2n) is 7.92. The summed E-state index contributed by atoms with van der Waals surface area (Å²) in [6.45, 7) is 5.41. The van der Waals surface area contributed by atoms with Crippen LogP contribution < -0.4 is 4.74 Å². The lowest BCUT2D eigenvalue weighted by Gasteiger charge is -2.13. The third kappa shape index (κ3) is 4.08. The monoisotopic (exact) mass is 407 g/mol. The van der Waals surface area contributed by atoms with E-state index in [1.807, 2.05) is 32.2 Å². The Morgan fingerprint density at radius 1 is 1.03 bits per heavy atom. The Kier molecular flexibility index (Phi) is 5.12. The summed E-state index contributed by atoms with van der Waals surface area (Å²) in [4.78, 5) is 5.93. The lowest BCUT2D eigenvalue weighted by Crippen LogP contribution is -2.04. The highest BCUT2D eigenvalue weighted by Crippen LogP contribution is 2.46. The van der Waals surface area contributed by atoms with E-state index in [9.17, 15) is 0 Å². The summed E-state index contributed by atoms with van der Waals surface area (Å²) in [5.74, 6) is 1.53. The highest BCUT2D eigenvalue weighted by Gasteiger charge is 2.29. The van der Waals surface area contributed by atoms with E-state index in [-0.39, 0.29) is 12.4 Å². The number of thiazole rings is 1. The lowest BCUT2D eigenvalue weighted by molar-refractivity contribution is -0.0441. The summed E-state index contributed by atoms with van der Waals surface area (Å²) in [5.41, 5.74) is 4.90. The van der Waals surface area contributed by atoms with Gasteiger partial charge in [0.2, 0.25) is 0 Å². The summed E-state index contributed by atoms with van der Waals surface area (Å²) < 4.78 is 17.1. The molecule has 0 radical (unpaired) electrons. The highest BCUT2D eigenvalue weighted by atomic mass is 32.1. The summed E-state index contributed by atoms with van der Waals surface area (Å²) >= 11 is 1.74. The van der Waals surface area contributed by atoms with Crippen LogP contribution in [0.25, 0.3) is 21.0 Å². The molecule has 0 bridgehead atoms. The molecule has 1 aliphatic carbocycles. The van der Waals surface area contributed by atoms with Crippen molar-refractivity contribution in [2.45, 2.75) is 45.0 Å². The normalized spacial score (nSPS) is 17.2. The molecule has 5 heteroatoms. The molecule has 0 unspecified atom stereocenters. The van der Waals surface area contributed by atoms with Crippen LogP contribution >= 0.6 is 11.3 Å². The summed E-state index contributed by atoms with van der Waals surface area (Å²) in [7, 11) is 0. The first-order chi connectivity index (χ1) is 14.2. The van der Waals surface area contributed by atoms with Gasteiger partial charge in [0.15, 0.2) is 6.29 Å². The van der Waals surface area contributed by atoms with Gasteiger partial charge in [-0.1, -0.05) is 12.1 Å². The fourth-order valence-corrected chi connectivity index (χ4v) is 4.68. The number of nitrogens with zero attached hydrogens (tertiary/aromatic N) is 1. The van der Waals surface area contributed by atoms with Crippen LogP contribution in [-0.4, -0.2) is 24.3 Å². The van der Waals surface area contributed by atoms with Gasteiger partial charge in [0.25, 0.3) is 0 Å². The standard InChI is InChI=1S/C24H25NO3S/c1-15(2)28-19-8-5-17(6-9-19)22-14-25-23(29-22)20-10-7-18(24-26-11-12-27-24)13-21(20)16-3-4-16/h5-10,13-16,24H,3-4,11-12H2,1-2H3. The van der Waals surface area contributed by atoms with Crippen LogP contribution in [0.5, 0.6) is 5.75 Å². The van der Waals surface area contributed by atoms with Gasteiger partial charge in [0.1, 0.15) is 10.8 Å². The van der Waals surface area contributed by atoms with Crippen molar-refractivity contribution in [1.82, 2.24) is 4.98 Å². The molecular formula is C24H25NO3S. The molecule has 4 nitrogen and oxygen atoms in total. The Morgan fingerprint density at radius 3 is 2.48 bits per heavy atom. The molecule has 1 saturated carbocycles. The predicted molar refractivity (Wildman–Crippen MR) is 115 cm³/mol. The van der Waals surface area contributed by atoms with Crippen molar-refractivity contribution in [3.05, 3.63) is 59.8 Å². The van der Waals surface area contributed by atoms with E-state index >= 15 is 0 Å². The molecule has 2 aliphatic rings. The Labute approximate surface area is 175 Å². The maximum Gasteiger partial charge on any atom is 0.184 e. The van der Waals surface area contributed by atoms with E-state index in [4.69, 9.17) is 19.2 Å². The van der Waals surface area contributed by atoms with Crippen molar-refractivity contribution in [2.24, 2.45) is 0 Å². The third-order valence-electron chi connectivity index (χ3n) is 5.23. The van der Waals surface area contributed by atoms with Gasteiger partial charge in [-0.3, -0.25) is 0 Å². The number of benzene rings is 2. The van der Waals surface area contributed by atoms with Gasteiger partial charge in [-0.25, -0.2) is 4.98 Å². The van der Waals surface area contributed by atoms with E-state index in [0.29, 0.717) is 19.1 Å². The largest absolute Gasteiger partial charge is 0.491 e. The average molecular weight is 408 g/mol. The fraction of sp³-hybridized carbons (Fsp3) is 0.375. The minimum absolute atomic E-state index is 0.180. The van der Waals surface area contributed by atoms with Crippen LogP contribution in [-0.2, 0) is 9.47 Å². The average Bonchev–Trinajstić information content (AvgIpc) is 3.21. The number of ether oxygens (including phenoxy) is 3. The fourth-order valence-electron chi connectivity index (χ4n) is 3.71. The van der Waals surface area contributed by atoms with E-state index in [0.717, 1.165) is 16.3 Å². The minimum atomic E-state index is -0.222. The maximum atomic E-state index is 5.75. The summed E-state index contributed by atoms with van der Waals surface area (Å²) in [5, 5.41) is 1.07. The molecule has 0 amide bonds. The lowest BCUT2D eigenvalue weighted by atomic mass is 10.00. The maximum absolute atomic E-state index is 5.75. The molecule has 2 fully saturated rings. The SMILES string of the molecule is CC(C)Oc1ccc(-c2cnc(-c3ccc(C4OCCO4)cc3C3CC3)s2)cc1. The van der Waals surface area contributed by atoms with Crippen molar-refractivity contribution in [3.8, 4) is 26.8 Å². The molecule has 1 aromatic heterocycles. The van der Waals surface area contributed by atoms with Crippen molar-refractivity contribution < 1.29 is 14.2 Å². The molecule has 5 rings (SSSR count). The summed E-state index contributed by atoms with van der Waals surface area (Å²) in [6.07, 6.45) is 4.43. The van der Waals surface area contributed by atoms with Crippen LogP contribution in [0.2, 0.25) is 0 Å². The zero-order chi connectivity index (χ0) is 19.8. The Hall–Kier alpha value is -2.21. The van der Waals surface area contributed by atoms with Gasteiger partial charge in [0, 0.05) is 17.3 Å². The highest BCUT2D eigenvalue weighted by molar-refractivity contribution is 7.18. The van der Waals surface area contributed by atoms with Gasteiger partial charge in [-0.15, -0.1) is 11.3 Å². The van der Waals surface area contributed by atoms with Crippen LogP contribution in [0, 0.1) is 0 Å². The van der Waals surface area contributed by atoms with Crippen molar-refractivity contribution in [1.29, 1.82) is 0 Å². The smallest absolute Gasteiger partial charge is 0.184 e. The molecule has 0 atom stereocenters. The van der Waals surface area contributed by atoms with Gasteiger partial charge in [-0.05, 0) is 74.1 Å². The van der Waals surface area contributed by atoms with E-state index in [2.05, 4.69) is 30.3 Å². The Balaban J connectivity index is 1.42. The first kappa shape index (κ1) is 18.8. The van der Waals surface area contributed by atoms with Gasteiger partial charge in [0.05, 0.1) is 24.2 Å². The van der Waals surface area contributed by atoms with Crippen LogP contribution in [0.15, 0.2) is 48.7 Å². The number of hydrogen-bond acceptors (Lipinski definition) is 5. The molecule has 1 aliphatic heterocycles. The van der Waals surface area contributed by atoms with E-state index in [1.54, 1.807) is 11.3 Å². The van der Waals surface area contributed by atoms with Gasteiger partial charge >= 0.3 is 0 Å². The van der Waals surface area contributed by atoms with Crippen molar-refractivity contribution >= 4 is 11.3 Å². The van der Waals surface area contributed by atoms with Gasteiger partial charge < -0.3 is 14.2 Å². The second kappa shape index (κ2) is 7.90. The zero-order valence-electron chi connectivity index (χ0n) is 16.8. The third-order valence-corrected chi connectivity index (χ3v) is 6.31. The number of aromatic nitrogens is 1. The van der Waals surface area contributed by atoms with Crippen LogP contribution in [0.4, 0.5) is 0 Å². The second-order valence-corrected chi connectivity index (χ2v) is 8.95. The van der Waals surface area contributed by atoms with Crippen molar-refractivity contribution in [3.63, 3.8) is 0 Å². The topological polar surface area (TPSA) is 40.6 Å². The predicted octanol–water partition coefficient (Wildman–Crippen LogP) is 6.19. The zero-order valence-corrected chi connectivity index (χ0v) is 17.6.